The van der Waals surface area contributed by atoms with Gasteiger partial charge in [-0.2, -0.15) is 0 Å². The highest BCUT2D eigenvalue weighted by atomic mass is 32.1. The fourth-order valence-corrected chi connectivity index (χ4v) is 2.23. The van der Waals surface area contributed by atoms with E-state index in [9.17, 15) is 0 Å². The van der Waals surface area contributed by atoms with Gasteiger partial charge >= 0.3 is 0 Å². The van der Waals surface area contributed by atoms with E-state index in [0.717, 1.165) is 19.0 Å². The molecule has 0 radical (unpaired) electrons. The largest absolute Gasteiger partial charge is 0.352 e. The van der Waals surface area contributed by atoms with Gasteiger partial charge in [-0.25, -0.2) is 0 Å². The first-order chi connectivity index (χ1) is 6.74. The summed E-state index contributed by atoms with van der Waals surface area (Å²) in [5.41, 5.74) is 1.33. The van der Waals surface area contributed by atoms with Crippen molar-refractivity contribution in [3.8, 4) is 0 Å². The van der Waals surface area contributed by atoms with Gasteiger partial charge in [0, 0.05) is 10.9 Å². The molecule has 0 amide bonds. The fraction of sp³-hybridized carbons (Fsp3) is 0.500. The predicted molar refractivity (Wildman–Crippen MR) is 60.8 cm³/mol. The summed E-state index contributed by atoms with van der Waals surface area (Å²) in [7, 11) is 0. The Morgan fingerprint density at radius 3 is 3.14 bits per heavy atom. The Morgan fingerprint density at radius 1 is 1.71 bits per heavy atom. The second-order valence-corrected chi connectivity index (χ2v) is 4.67. The van der Waals surface area contributed by atoms with Crippen LogP contribution in [0.4, 0.5) is 0 Å². The third kappa shape index (κ3) is 2.26. The molecule has 2 heterocycles. The predicted octanol–water partition coefficient (Wildman–Crippen LogP) is 1.49. The topological polar surface area (TPSA) is 36.4 Å². The monoisotopic (exact) mass is 209 g/mol. The Balaban J connectivity index is 1.83. The average Bonchev–Trinajstić information content (AvgIpc) is 2.72. The van der Waals surface area contributed by atoms with Gasteiger partial charge in [-0.3, -0.25) is 4.99 Å². The number of guanidine groups is 1. The maximum atomic E-state index is 4.34. The normalized spacial score (nSPS) is 20.4. The van der Waals surface area contributed by atoms with Gasteiger partial charge in [0.25, 0.3) is 0 Å². The first kappa shape index (κ1) is 9.52. The van der Waals surface area contributed by atoms with Crippen LogP contribution >= 0.6 is 11.3 Å². The summed E-state index contributed by atoms with van der Waals surface area (Å²) in [6.45, 7) is 6.00. The van der Waals surface area contributed by atoms with Crippen molar-refractivity contribution in [2.75, 3.05) is 6.54 Å². The molecular weight excluding hydrogens is 194 g/mol. The minimum Gasteiger partial charge on any atom is -0.352 e. The van der Waals surface area contributed by atoms with E-state index in [1.807, 2.05) is 0 Å². The molecule has 0 aromatic carbocycles. The maximum absolute atomic E-state index is 4.34. The first-order valence-electron chi connectivity index (χ1n) is 4.83. The summed E-state index contributed by atoms with van der Waals surface area (Å²) in [4.78, 5) is 5.69. The Hall–Kier alpha value is -1.03. The van der Waals surface area contributed by atoms with E-state index < -0.39 is 0 Å². The molecule has 0 aliphatic carbocycles. The van der Waals surface area contributed by atoms with Gasteiger partial charge < -0.3 is 10.6 Å². The summed E-state index contributed by atoms with van der Waals surface area (Å²) >= 11 is 1.79. The molecular formula is C10H15N3S. The van der Waals surface area contributed by atoms with Crippen molar-refractivity contribution < 1.29 is 0 Å². The quantitative estimate of drug-likeness (QED) is 0.774. The lowest BCUT2D eigenvalue weighted by Gasteiger charge is -2.07. The number of hydrogen-bond donors (Lipinski definition) is 2. The number of aliphatic imine (C=N–C) groups is 1. The average molecular weight is 209 g/mol. The standard InChI is InChI=1S/C10H15N3S/c1-7-3-9(14-6-7)5-12-10-11-4-8(2)13-10/h3,6,8H,4-5H2,1-2H3,(H2,11,12,13). The summed E-state index contributed by atoms with van der Waals surface area (Å²) in [6, 6.07) is 2.68. The van der Waals surface area contributed by atoms with E-state index in [0.29, 0.717) is 6.04 Å². The van der Waals surface area contributed by atoms with Gasteiger partial charge in [-0.05, 0) is 30.9 Å². The van der Waals surface area contributed by atoms with E-state index in [1.54, 1.807) is 11.3 Å². The number of rotatable bonds is 2. The molecule has 1 aromatic heterocycles. The summed E-state index contributed by atoms with van der Waals surface area (Å²) in [5, 5.41) is 8.74. The van der Waals surface area contributed by atoms with Crippen molar-refractivity contribution >= 4 is 17.3 Å². The van der Waals surface area contributed by atoms with Gasteiger partial charge in [-0.15, -0.1) is 11.3 Å². The van der Waals surface area contributed by atoms with Crippen LogP contribution in [0.1, 0.15) is 17.4 Å². The highest BCUT2D eigenvalue weighted by Gasteiger charge is 2.11. The molecule has 1 unspecified atom stereocenters. The molecule has 1 aliphatic heterocycles. The van der Waals surface area contributed by atoms with Crippen molar-refractivity contribution in [2.45, 2.75) is 26.4 Å². The molecule has 2 N–H and O–H groups in total. The highest BCUT2D eigenvalue weighted by molar-refractivity contribution is 7.10. The zero-order chi connectivity index (χ0) is 9.97. The van der Waals surface area contributed by atoms with E-state index in [4.69, 9.17) is 0 Å². The van der Waals surface area contributed by atoms with Gasteiger partial charge in [0.15, 0.2) is 5.96 Å². The third-order valence-electron chi connectivity index (χ3n) is 2.12. The molecule has 0 fully saturated rings. The van der Waals surface area contributed by atoms with E-state index in [1.165, 1.54) is 10.4 Å². The lowest BCUT2D eigenvalue weighted by atomic mass is 10.3. The van der Waals surface area contributed by atoms with Crippen molar-refractivity contribution in [3.05, 3.63) is 21.9 Å². The zero-order valence-electron chi connectivity index (χ0n) is 8.50. The van der Waals surface area contributed by atoms with Crippen LogP contribution < -0.4 is 10.6 Å². The highest BCUT2D eigenvalue weighted by Crippen LogP contribution is 2.12. The third-order valence-corrected chi connectivity index (χ3v) is 3.18. The van der Waals surface area contributed by atoms with Crippen LogP contribution in [0.15, 0.2) is 16.4 Å². The van der Waals surface area contributed by atoms with E-state index >= 15 is 0 Å². The van der Waals surface area contributed by atoms with Crippen LogP contribution in [-0.2, 0) is 6.54 Å². The van der Waals surface area contributed by atoms with Crippen LogP contribution in [0, 0.1) is 6.92 Å². The van der Waals surface area contributed by atoms with Crippen LogP contribution in [0.5, 0.6) is 0 Å². The smallest absolute Gasteiger partial charge is 0.191 e. The second-order valence-electron chi connectivity index (χ2n) is 3.68. The van der Waals surface area contributed by atoms with Crippen molar-refractivity contribution in [1.29, 1.82) is 0 Å². The van der Waals surface area contributed by atoms with Crippen molar-refractivity contribution in [1.82, 2.24) is 10.6 Å². The van der Waals surface area contributed by atoms with Crippen LogP contribution in [-0.4, -0.2) is 18.5 Å². The lowest BCUT2D eigenvalue weighted by molar-refractivity contribution is 0.714. The Labute approximate surface area is 88.3 Å². The molecule has 0 saturated carbocycles. The molecule has 0 bridgehead atoms. The summed E-state index contributed by atoms with van der Waals surface area (Å²) < 4.78 is 0. The fourth-order valence-electron chi connectivity index (χ4n) is 1.41. The van der Waals surface area contributed by atoms with E-state index in [-0.39, 0.29) is 0 Å². The zero-order valence-corrected chi connectivity index (χ0v) is 9.32. The molecule has 1 aliphatic rings. The number of nitrogens with one attached hydrogen (secondary N) is 2. The first-order valence-corrected chi connectivity index (χ1v) is 5.71. The molecule has 0 spiro atoms. The molecule has 2 rings (SSSR count). The summed E-state index contributed by atoms with van der Waals surface area (Å²) in [5.74, 6) is 0.934. The molecule has 0 saturated heterocycles. The molecule has 3 nitrogen and oxygen atoms in total. The Kier molecular flexibility index (Phi) is 2.72. The lowest BCUT2D eigenvalue weighted by Crippen LogP contribution is -2.36. The van der Waals surface area contributed by atoms with Crippen LogP contribution in [0.3, 0.4) is 0 Å². The molecule has 4 heteroatoms. The number of thiophene rings is 1. The molecule has 1 atom stereocenters. The van der Waals surface area contributed by atoms with Gasteiger partial charge in [0.1, 0.15) is 0 Å². The SMILES string of the molecule is Cc1csc(CNC2=NCC(C)N2)c1. The second kappa shape index (κ2) is 4.00. The van der Waals surface area contributed by atoms with Gasteiger partial charge in [0.05, 0.1) is 13.1 Å². The minimum atomic E-state index is 0.475. The van der Waals surface area contributed by atoms with Crippen molar-refractivity contribution in [2.24, 2.45) is 4.99 Å². The maximum Gasteiger partial charge on any atom is 0.191 e. The van der Waals surface area contributed by atoms with Crippen LogP contribution in [0.25, 0.3) is 0 Å². The van der Waals surface area contributed by atoms with E-state index in [2.05, 4.69) is 40.9 Å². The van der Waals surface area contributed by atoms with Gasteiger partial charge in [0.2, 0.25) is 0 Å². The Bertz CT molecular complexity index is 343. The van der Waals surface area contributed by atoms with Crippen LogP contribution in [0.2, 0.25) is 0 Å². The molecule has 76 valence electrons. The number of hydrogen-bond acceptors (Lipinski definition) is 4. The number of nitrogens with zero attached hydrogens (tertiary/aromatic N) is 1. The minimum absolute atomic E-state index is 0.475. The molecule has 1 aromatic rings. The van der Waals surface area contributed by atoms with Gasteiger partial charge in [-0.1, -0.05) is 0 Å². The Morgan fingerprint density at radius 2 is 2.57 bits per heavy atom. The summed E-state index contributed by atoms with van der Waals surface area (Å²) in [6.07, 6.45) is 0. The van der Waals surface area contributed by atoms with Crippen molar-refractivity contribution in [3.63, 3.8) is 0 Å². The number of aryl methyl sites for hydroxylation is 1. The molecule has 14 heavy (non-hydrogen) atoms.